The van der Waals surface area contributed by atoms with Gasteiger partial charge in [-0.1, -0.05) is 30.3 Å². The minimum absolute atomic E-state index is 0.128. The highest BCUT2D eigenvalue weighted by molar-refractivity contribution is 5.94. The Kier molecular flexibility index (Phi) is 8.15. The highest BCUT2D eigenvalue weighted by atomic mass is 19.4. The lowest BCUT2D eigenvalue weighted by molar-refractivity contribution is -0.137. The fourth-order valence-electron chi connectivity index (χ4n) is 4.92. The molecule has 1 amide bonds. The van der Waals surface area contributed by atoms with Crippen LogP contribution in [0.15, 0.2) is 60.9 Å². The smallest absolute Gasteiger partial charge is 0.377 e. The average Bonchev–Trinajstić information content (AvgIpc) is 2.93. The van der Waals surface area contributed by atoms with Crippen LogP contribution >= 0.6 is 0 Å². The van der Waals surface area contributed by atoms with Crippen molar-refractivity contribution in [1.29, 1.82) is 0 Å². The third-order valence-electron chi connectivity index (χ3n) is 7.35. The van der Waals surface area contributed by atoms with E-state index in [2.05, 4.69) is 20.1 Å². The fourth-order valence-corrected chi connectivity index (χ4v) is 4.92. The number of aromatic nitrogens is 1. The van der Waals surface area contributed by atoms with Crippen LogP contribution in [0.5, 0.6) is 0 Å². The van der Waals surface area contributed by atoms with E-state index in [1.54, 1.807) is 36.7 Å². The van der Waals surface area contributed by atoms with E-state index in [1.165, 1.54) is 6.07 Å². The molecule has 10 heteroatoms. The normalized spacial score (nSPS) is 18.1. The first kappa shape index (κ1) is 27.1. The molecule has 5 rings (SSSR count). The molecule has 0 bridgehead atoms. The topological polar surface area (TPSA) is 83.7 Å². The van der Waals surface area contributed by atoms with Crippen LogP contribution < -0.4 is 16.0 Å². The Hall–Kier alpha value is -3.47. The number of hydrogen-bond donors (Lipinski definition) is 2. The summed E-state index contributed by atoms with van der Waals surface area (Å²) >= 11 is 0. The highest BCUT2D eigenvalue weighted by Gasteiger charge is 2.31. The number of carbonyl (C=O) groups excluding carboxylic acids is 1. The molecular formula is C29H32F3N5O2. The van der Waals surface area contributed by atoms with Gasteiger partial charge in [0.05, 0.1) is 29.1 Å². The van der Waals surface area contributed by atoms with Gasteiger partial charge in [-0.15, -0.1) is 0 Å². The molecule has 0 spiro atoms. The molecule has 2 aliphatic heterocycles. The lowest BCUT2D eigenvalue weighted by Crippen LogP contribution is -2.50. The minimum atomic E-state index is -4.43. The number of rotatable bonds is 8. The third kappa shape index (κ3) is 6.58. The number of piperazine rings is 1. The Morgan fingerprint density at radius 2 is 1.79 bits per heavy atom. The molecule has 39 heavy (non-hydrogen) atoms. The summed E-state index contributed by atoms with van der Waals surface area (Å²) < 4.78 is 45.2. The monoisotopic (exact) mass is 539 g/mol. The number of benzene rings is 2. The van der Waals surface area contributed by atoms with Crippen molar-refractivity contribution in [1.82, 2.24) is 15.2 Å². The molecule has 7 nitrogen and oxygen atoms in total. The lowest BCUT2D eigenvalue weighted by Gasteiger charge is -2.39. The maximum absolute atomic E-state index is 13.2. The van der Waals surface area contributed by atoms with Gasteiger partial charge in [0.1, 0.15) is 0 Å². The van der Waals surface area contributed by atoms with Crippen molar-refractivity contribution < 1.29 is 22.7 Å². The van der Waals surface area contributed by atoms with E-state index < -0.39 is 11.7 Å². The van der Waals surface area contributed by atoms with Crippen LogP contribution in [0.4, 0.5) is 18.9 Å². The van der Waals surface area contributed by atoms with Gasteiger partial charge in [0.25, 0.3) is 5.91 Å². The quantitative estimate of drug-likeness (QED) is 0.449. The standard InChI is InChI=1S/C29H32F3N5O2/c30-29(31,32)24-6-5-22(15-33)27(14-24)21-3-1-20(2-4-21)16-35-28(38)23-13-25(18-34-17-23)37-10-8-36(9-11-37)19-26-7-12-39-26/h1-6,13-14,17-18,26H,7-12,15-16,19,33H2,(H,35,38). The maximum atomic E-state index is 13.2. The van der Waals surface area contributed by atoms with Crippen molar-refractivity contribution >= 4 is 11.6 Å². The number of hydrogen-bond acceptors (Lipinski definition) is 6. The minimum Gasteiger partial charge on any atom is -0.377 e. The summed E-state index contributed by atoms with van der Waals surface area (Å²) in [6, 6.07) is 12.5. The maximum Gasteiger partial charge on any atom is 0.416 e. The van der Waals surface area contributed by atoms with Crippen LogP contribution in [0.25, 0.3) is 11.1 Å². The Morgan fingerprint density at radius 3 is 2.44 bits per heavy atom. The zero-order valence-electron chi connectivity index (χ0n) is 21.6. The van der Waals surface area contributed by atoms with Gasteiger partial charge in [-0.25, -0.2) is 0 Å². The van der Waals surface area contributed by atoms with Gasteiger partial charge in [0.2, 0.25) is 0 Å². The zero-order valence-corrected chi connectivity index (χ0v) is 21.6. The predicted octanol–water partition coefficient (Wildman–Crippen LogP) is 4.07. The van der Waals surface area contributed by atoms with E-state index >= 15 is 0 Å². The largest absolute Gasteiger partial charge is 0.416 e. The molecule has 0 radical (unpaired) electrons. The van der Waals surface area contributed by atoms with E-state index in [0.29, 0.717) is 28.4 Å². The van der Waals surface area contributed by atoms with Gasteiger partial charge in [-0.2, -0.15) is 13.2 Å². The second kappa shape index (κ2) is 11.7. The number of ether oxygens (including phenoxy) is 1. The summed E-state index contributed by atoms with van der Waals surface area (Å²) in [5, 5.41) is 2.91. The van der Waals surface area contributed by atoms with Gasteiger partial charge < -0.3 is 20.7 Å². The van der Waals surface area contributed by atoms with E-state index in [4.69, 9.17) is 10.5 Å². The molecule has 206 valence electrons. The molecule has 2 aliphatic rings. The van der Waals surface area contributed by atoms with Crippen molar-refractivity contribution in [2.45, 2.75) is 31.8 Å². The lowest BCUT2D eigenvalue weighted by atomic mass is 9.96. The third-order valence-corrected chi connectivity index (χ3v) is 7.35. The second-order valence-electron chi connectivity index (χ2n) is 9.95. The summed E-state index contributed by atoms with van der Waals surface area (Å²) in [4.78, 5) is 21.8. The number of nitrogens with zero attached hydrogens (tertiary/aromatic N) is 3. The van der Waals surface area contributed by atoms with Crippen molar-refractivity contribution in [2.75, 3.05) is 44.2 Å². The highest BCUT2D eigenvalue weighted by Crippen LogP contribution is 2.34. The van der Waals surface area contributed by atoms with Gasteiger partial charge in [-0.05, 0) is 46.9 Å². The number of carbonyl (C=O) groups is 1. The molecule has 1 unspecified atom stereocenters. The van der Waals surface area contributed by atoms with Gasteiger partial charge in [0, 0.05) is 58.6 Å². The van der Waals surface area contributed by atoms with Crippen molar-refractivity contribution in [3.05, 3.63) is 83.2 Å². The van der Waals surface area contributed by atoms with Crippen LogP contribution in [0, 0.1) is 0 Å². The zero-order chi connectivity index (χ0) is 27.4. The first-order valence-electron chi connectivity index (χ1n) is 13.1. The second-order valence-corrected chi connectivity index (χ2v) is 9.95. The molecule has 3 aromatic rings. The van der Waals surface area contributed by atoms with Crippen LogP contribution in [-0.4, -0.2) is 61.2 Å². The Labute approximate surface area is 225 Å². The van der Waals surface area contributed by atoms with E-state index in [0.717, 1.165) is 69.1 Å². The first-order valence-corrected chi connectivity index (χ1v) is 13.1. The predicted molar refractivity (Wildman–Crippen MR) is 143 cm³/mol. The van der Waals surface area contributed by atoms with Gasteiger partial charge in [-0.3, -0.25) is 14.7 Å². The molecule has 2 aromatic carbocycles. The SMILES string of the molecule is NCc1ccc(C(F)(F)F)cc1-c1ccc(CNC(=O)c2cncc(N3CCN(CC4CCO4)CC3)c2)cc1. The Morgan fingerprint density at radius 1 is 1.05 bits per heavy atom. The molecule has 2 fully saturated rings. The summed E-state index contributed by atoms with van der Waals surface area (Å²) in [5.41, 5.74) is 8.97. The first-order chi connectivity index (χ1) is 18.8. The summed E-state index contributed by atoms with van der Waals surface area (Å²) in [6.07, 6.45) is 0.400. The molecule has 1 atom stereocenters. The molecule has 0 aliphatic carbocycles. The fraction of sp³-hybridized carbons (Fsp3) is 0.379. The van der Waals surface area contributed by atoms with Crippen molar-refractivity contribution in [3.8, 4) is 11.1 Å². The van der Waals surface area contributed by atoms with Crippen LogP contribution in [0.2, 0.25) is 0 Å². The molecule has 1 aromatic heterocycles. The average molecular weight is 540 g/mol. The molecule has 2 saturated heterocycles. The van der Waals surface area contributed by atoms with E-state index in [-0.39, 0.29) is 19.0 Å². The van der Waals surface area contributed by atoms with Crippen molar-refractivity contribution in [3.63, 3.8) is 0 Å². The van der Waals surface area contributed by atoms with Crippen molar-refractivity contribution in [2.24, 2.45) is 5.73 Å². The number of amides is 1. The summed E-state index contributed by atoms with van der Waals surface area (Å²) in [7, 11) is 0. The number of alkyl halides is 3. The van der Waals surface area contributed by atoms with Crippen LogP contribution in [0.1, 0.15) is 33.5 Å². The van der Waals surface area contributed by atoms with E-state index in [1.807, 2.05) is 6.07 Å². The van der Waals surface area contributed by atoms with Gasteiger partial charge >= 0.3 is 6.18 Å². The number of nitrogens with two attached hydrogens (primary N) is 1. The summed E-state index contributed by atoms with van der Waals surface area (Å²) in [6.45, 7) is 5.86. The number of nitrogens with one attached hydrogen (secondary N) is 1. The van der Waals surface area contributed by atoms with Gasteiger partial charge in [0.15, 0.2) is 0 Å². The number of anilines is 1. The number of pyridine rings is 1. The molecule has 0 saturated carbocycles. The Balaban J connectivity index is 1.18. The number of halogens is 3. The van der Waals surface area contributed by atoms with Crippen LogP contribution in [0.3, 0.4) is 0 Å². The summed E-state index contributed by atoms with van der Waals surface area (Å²) in [5.74, 6) is -0.238. The van der Waals surface area contributed by atoms with Crippen LogP contribution in [-0.2, 0) is 24.0 Å². The molecule has 3 N–H and O–H groups in total. The Bertz CT molecular complexity index is 1290. The molecule has 3 heterocycles. The molecular weight excluding hydrogens is 507 g/mol. The van der Waals surface area contributed by atoms with E-state index in [9.17, 15) is 18.0 Å².